The van der Waals surface area contributed by atoms with Crippen molar-refractivity contribution < 1.29 is 9.00 Å². The maximum Gasteiger partial charge on any atom is 0.244 e. The number of thiazole rings is 1. The van der Waals surface area contributed by atoms with Crippen molar-refractivity contribution in [2.24, 2.45) is 0 Å². The molecule has 162 valence electrons. The normalized spacial score (nSPS) is 25.4. The molecule has 5 rings (SSSR count). The van der Waals surface area contributed by atoms with Gasteiger partial charge in [0, 0.05) is 35.3 Å². The summed E-state index contributed by atoms with van der Waals surface area (Å²) in [5.41, 5.74) is 2.42. The first-order valence-electron chi connectivity index (χ1n) is 10.8. The molecule has 6 nitrogen and oxygen atoms in total. The number of nitrogens with zero attached hydrogens (tertiary/aromatic N) is 3. The second kappa shape index (κ2) is 9.06. The summed E-state index contributed by atoms with van der Waals surface area (Å²) in [4.78, 5) is 22.5. The lowest BCUT2D eigenvalue weighted by molar-refractivity contribution is -0.130. The van der Waals surface area contributed by atoms with Crippen LogP contribution in [0.2, 0.25) is 0 Å². The lowest BCUT2D eigenvalue weighted by Gasteiger charge is -2.26. The first kappa shape index (κ1) is 20.6. The van der Waals surface area contributed by atoms with Gasteiger partial charge in [-0.25, -0.2) is 9.19 Å². The number of rotatable bonds is 6. The Hall–Kier alpha value is -2.29. The number of carbonyl (C=O) groups excluding carboxylic acids is 1. The molecule has 1 amide bonds. The standard InChI is InChI=1S/C23H26N4O2S2/c28-22-21(26-13-10-18(16-26)17-4-2-1-3-5-17)11-14-27(22)19-6-8-20(9-7-19)31(29)25-23-24-12-15-30-23/h1-6,8,12,15,18,21H,7,9-11,13-14,16H2,(H,24,25). The average Bonchev–Trinajstić information content (AvgIpc) is 3.56. The number of hydrogen-bond donors (Lipinski definition) is 1. The monoisotopic (exact) mass is 454 g/mol. The Balaban J connectivity index is 1.21. The van der Waals surface area contributed by atoms with Crippen molar-refractivity contribution in [3.05, 3.63) is 70.2 Å². The molecule has 3 atom stereocenters. The summed E-state index contributed by atoms with van der Waals surface area (Å²) in [6.45, 7) is 2.71. The SMILES string of the molecule is O=C1C(N2CCC(c3ccccc3)C2)CCN1C1=CC=C(S(=O)Nc2nccs2)CC1. The van der Waals surface area contributed by atoms with E-state index in [0.717, 1.165) is 49.5 Å². The fraction of sp³-hybridized carbons (Fsp3) is 0.391. The molecule has 3 heterocycles. The Kier molecular flexibility index (Phi) is 6.02. The number of aromatic nitrogens is 1. The lowest BCUT2D eigenvalue weighted by Crippen LogP contribution is -2.40. The van der Waals surface area contributed by atoms with E-state index in [2.05, 4.69) is 44.9 Å². The maximum atomic E-state index is 13.2. The van der Waals surface area contributed by atoms with Crippen molar-refractivity contribution in [2.45, 2.75) is 37.6 Å². The van der Waals surface area contributed by atoms with Crippen molar-refractivity contribution in [3.8, 4) is 0 Å². The van der Waals surface area contributed by atoms with E-state index in [1.165, 1.54) is 16.9 Å². The number of benzene rings is 1. The molecule has 2 aliphatic heterocycles. The van der Waals surface area contributed by atoms with E-state index in [-0.39, 0.29) is 11.9 Å². The number of hydrogen-bond acceptors (Lipinski definition) is 5. The van der Waals surface area contributed by atoms with Gasteiger partial charge in [-0.05, 0) is 55.9 Å². The van der Waals surface area contributed by atoms with Gasteiger partial charge in [0.05, 0.1) is 6.04 Å². The van der Waals surface area contributed by atoms with Crippen molar-refractivity contribution in [2.75, 3.05) is 24.4 Å². The zero-order valence-corrected chi connectivity index (χ0v) is 18.9. The van der Waals surface area contributed by atoms with Crippen LogP contribution in [0.25, 0.3) is 0 Å². The van der Waals surface area contributed by atoms with Crippen LogP contribution in [-0.4, -0.2) is 50.6 Å². The maximum absolute atomic E-state index is 13.2. The summed E-state index contributed by atoms with van der Waals surface area (Å²) >= 11 is 1.43. The van der Waals surface area contributed by atoms with Gasteiger partial charge in [-0.3, -0.25) is 14.4 Å². The number of carbonyl (C=O) groups is 1. The lowest BCUT2D eigenvalue weighted by atomic mass is 9.99. The van der Waals surface area contributed by atoms with Crippen molar-refractivity contribution in [1.82, 2.24) is 14.8 Å². The summed E-state index contributed by atoms with van der Waals surface area (Å²) in [7, 11) is -1.29. The van der Waals surface area contributed by atoms with Crippen LogP contribution in [0, 0.1) is 0 Å². The van der Waals surface area contributed by atoms with E-state index < -0.39 is 11.0 Å². The van der Waals surface area contributed by atoms with Gasteiger partial charge >= 0.3 is 0 Å². The molecular formula is C23H26N4O2S2. The van der Waals surface area contributed by atoms with E-state index in [0.29, 0.717) is 17.5 Å². The molecule has 2 fully saturated rings. The highest BCUT2D eigenvalue weighted by atomic mass is 32.2. The van der Waals surface area contributed by atoms with Crippen LogP contribution in [0.3, 0.4) is 0 Å². The molecule has 1 aliphatic carbocycles. The van der Waals surface area contributed by atoms with Gasteiger partial charge in [0.15, 0.2) is 5.13 Å². The molecule has 0 spiro atoms. The summed E-state index contributed by atoms with van der Waals surface area (Å²) in [6, 6.07) is 10.6. The highest BCUT2D eigenvalue weighted by molar-refractivity contribution is 7.90. The molecule has 0 saturated carbocycles. The molecule has 1 aromatic heterocycles. The van der Waals surface area contributed by atoms with Gasteiger partial charge in [-0.1, -0.05) is 30.3 Å². The van der Waals surface area contributed by atoms with E-state index in [1.807, 2.05) is 22.4 Å². The third-order valence-electron chi connectivity index (χ3n) is 6.39. The van der Waals surface area contributed by atoms with Crippen molar-refractivity contribution >= 4 is 33.4 Å². The minimum absolute atomic E-state index is 0.0132. The number of amides is 1. The summed E-state index contributed by atoms with van der Waals surface area (Å²) in [5.74, 6) is 0.738. The summed E-state index contributed by atoms with van der Waals surface area (Å²) in [6.07, 6.45) is 8.98. The smallest absolute Gasteiger partial charge is 0.244 e. The van der Waals surface area contributed by atoms with Crippen LogP contribution in [0.4, 0.5) is 5.13 Å². The second-order valence-electron chi connectivity index (χ2n) is 8.18. The van der Waals surface area contributed by atoms with Gasteiger partial charge in [-0.2, -0.15) is 0 Å². The Morgan fingerprint density at radius 3 is 2.71 bits per heavy atom. The largest absolute Gasteiger partial charge is 0.315 e. The molecule has 2 aromatic rings. The summed E-state index contributed by atoms with van der Waals surface area (Å²) < 4.78 is 15.5. The molecule has 2 saturated heterocycles. The third-order valence-corrected chi connectivity index (χ3v) is 8.41. The van der Waals surface area contributed by atoms with Gasteiger partial charge in [0.1, 0.15) is 11.0 Å². The van der Waals surface area contributed by atoms with E-state index in [4.69, 9.17) is 0 Å². The van der Waals surface area contributed by atoms with Crippen molar-refractivity contribution in [1.29, 1.82) is 0 Å². The van der Waals surface area contributed by atoms with Gasteiger partial charge in [-0.15, -0.1) is 11.3 Å². The predicted octanol–water partition coefficient (Wildman–Crippen LogP) is 3.87. The molecule has 8 heteroatoms. The van der Waals surface area contributed by atoms with E-state index in [9.17, 15) is 9.00 Å². The molecule has 0 radical (unpaired) electrons. The van der Waals surface area contributed by atoms with Crippen LogP contribution < -0.4 is 4.72 Å². The number of allylic oxidation sites excluding steroid dienone is 4. The van der Waals surface area contributed by atoms with Gasteiger partial charge in [0.2, 0.25) is 5.91 Å². The van der Waals surface area contributed by atoms with Crippen LogP contribution >= 0.6 is 11.3 Å². The third kappa shape index (κ3) is 4.37. The molecule has 3 aliphatic rings. The van der Waals surface area contributed by atoms with Gasteiger partial charge in [0.25, 0.3) is 0 Å². The highest BCUT2D eigenvalue weighted by Crippen LogP contribution is 2.33. The van der Waals surface area contributed by atoms with Crippen LogP contribution in [0.5, 0.6) is 0 Å². The second-order valence-corrected chi connectivity index (χ2v) is 10.3. The number of anilines is 1. The molecule has 3 unspecified atom stereocenters. The van der Waals surface area contributed by atoms with Crippen LogP contribution in [-0.2, 0) is 15.8 Å². The molecule has 0 bridgehead atoms. The van der Waals surface area contributed by atoms with E-state index >= 15 is 0 Å². The van der Waals surface area contributed by atoms with E-state index in [1.54, 1.807) is 6.20 Å². The van der Waals surface area contributed by atoms with Crippen molar-refractivity contribution in [3.63, 3.8) is 0 Å². The Labute approximate surface area is 189 Å². The topological polar surface area (TPSA) is 65.5 Å². The zero-order valence-electron chi connectivity index (χ0n) is 17.3. The molecule has 31 heavy (non-hydrogen) atoms. The number of nitrogens with one attached hydrogen (secondary N) is 1. The van der Waals surface area contributed by atoms with Crippen LogP contribution in [0.1, 0.15) is 37.2 Å². The summed E-state index contributed by atoms with van der Waals surface area (Å²) in [5, 5.41) is 2.51. The highest BCUT2D eigenvalue weighted by Gasteiger charge is 2.40. The Bertz CT molecular complexity index is 1020. The predicted molar refractivity (Wildman–Crippen MR) is 125 cm³/mol. The minimum atomic E-state index is -1.29. The first-order chi connectivity index (χ1) is 15.2. The van der Waals surface area contributed by atoms with Gasteiger partial charge < -0.3 is 4.90 Å². The quantitative estimate of drug-likeness (QED) is 0.720. The average molecular weight is 455 g/mol. The Morgan fingerprint density at radius 2 is 1.97 bits per heavy atom. The first-order valence-corrected chi connectivity index (χ1v) is 12.8. The molecule has 1 aromatic carbocycles. The molecule has 1 N–H and O–H groups in total. The number of likely N-dealkylation sites (tertiary alicyclic amines) is 2. The fourth-order valence-electron chi connectivity index (χ4n) is 4.76. The molecular weight excluding hydrogens is 428 g/mol. The fourth-order valence-corrected chi connectivity index (χ4v) is 6.38. The minimum Gasteiger partial charge on any atom is -0.315 e. The van der Waals surface area contributed by atoms with Crippen LogP contribution in [0.15, 0.2) is 64.7 Å². The zero-order chi connectivity index (χ0) is 21.2. The Morgan fingerprint density at radius 1 is 1.10 bits per heavy atom.